The number of fused-ring (bicyclic) bond motifs is 1. The number of nitrogens with zero attached hydrogens (tertiary/aromatic N) is 5. The number of hydrogen-bond acceptors (Lipinski definition) is 8. The number of methoxy groups -OCH3 is 1. The predicted octanol–water partition coefficient (Wildman–Crippen LogP) is 0.583. The number of imidazole rings is 1. The number of rotatable bonds is 6. The lowest BCUT2D eigenvalue weighted by atomic mass is 10.3. The maximum atomic E-state index is 10.1. The van der Waals surface area contributed by atoms with Crippen molar-refractivity contribution >= 4 is 17.0 Å². The Bertz CT molecular complexity index is 805. The van der Waals surface area contributed by atoms with Crippen LogP contribution < -0.4 is 10.5 Å². The topological polar surface area (TPSA) is 121 Å². The van der Waals surface area contributed by atoms with Crippen LogP contribution in [0.15, 0.2) is 24.5 Å². The van der Waals surface area contributed by atoms with Gasteiger partial charge in [0.05, 0.1) is 13.2 Å². The molecule has 0 spiro atoms. The van der Waals surface area contributed by atoms with Crippen LogP contribution in [0.25, 0.3) is 11.2 Å². The third kappa shape index (κ3) is 3.14. The Morgan fingerprint density at radius 2 is 2.13 bits per heavy atom. The van der Waals surface area contributed by atoms with Gasteiger partial charge in [0.15, 0.2) is 17.0 Å². The summed E-state index contributed by atoms with van der Waals surface area (Å²) < 4.78 is 11.8. The third-order valence-electron chi connectivity index (χ3n) is 3.16. The smallest absolute Gasteiger partial charge is 0.320 e. The Kier molecular flexibility index (Phi) is 4.20. The van der Waals surface area contributed by atoms with Crippen LogP contribution in [0, 0.1) is 0 Å². The van der Waals surface area contributed by atoms with Crippen molar-refractivity contribution < 1.29 is 14.6 Å². The number of aromatic hydroxyl groups is 1. The fourth-order valence-corrected chi connectivity index (χ4v) is 2.09. The van der Waals surface area contributed by atoms with Gasteiger partial charge in [-0.15, -0.1) is 0 Å². The molecule has 3 heterocycles. The zero-order valence-corrected chi connectivity index (χ0v) is 12.5. The predicted molar refractivity (Wildman–Crippen MR) is 82.1 cm³/mol. The maximum absolute atomic E-state index is 10.1. The second kappa shape index (κ2) is 6.44. The second-order valence-corrected chi connectivity index (χ2v) is 4.76. The highest BCUT2D eigenvalue weighted by atomic mass is 16.5. The Morgan fingerprint density at radius 3 is 2.87 bits per heavy atom. The van der Waals surface area contributed by atoms with E-state index in [1.54, 1.807) is 19.5 Å². The van der Waals surface area contributed by atoms with Crippen LogP contribution in [0.4, 0.5) is 5.82 Å². The van der Waals surface area contributed by atoms with E-state index in [0.29, 0.717) is 30.9 Å². The number of hydrogen-bond donors (Lipinski definition) is 2. The van der Waals surface area contributed by atoms with Crippen LogP contribution in [-0.4, -0.2) is 49.9 Å². The number of aromatic nitrogens is 5. The summed E-state index contributed by atoms with van der Waals surface area (Å²) in [5, 5.41) is 10.1. The highest BCUT2D eigenvalue weighted by molar-refractivity contribution is 5.83. The summed E-state index contributed by atoms with van der Waals surface area (Å²) in [5.41, 5.74) is 7.48. The van der Waals surface area contributed by atoms with Crippen molar-refractivity contribution in [2.24, 2.45) is 0 Å². The van der Waals surface area contributed by atoms with Gasteiger partial charge in [-0.3, -0.25) is 9.55 Å². The highest BCUT2D eigenvalue weighted by Crippen LogP contribution is 2.25. The van der Waals surface area contributed by atoms with Gasteiger partial charge in [0.25, 0.3) is 6.01 Å². The molecule has 0 unspecified atom stereocenters. The lowest BCUT2D eigenvalue weighted by molar-refractivity contribution is 0.141. The molecule has 23 heavy (non-hydrogen) atoms. The lowest BCUT2D eigenvalue weighted by Gasteiger charge is -2.07. The van der Waals surface area contributed by atoms with Crippen molar-refractivity contribution in [2.45, 2.75) is 6.54 Å². The average Bonchev–Trinajstić information content (AvgIpc) is 2.86. The molecule has 0 aliphatic heterocycles. The third-order valence-corrected chi connectivity index (χ3v) is 3.16. The van der Waals surface area contributed by atoms with Gasteiger partial charge < -0.3 is 20.3 Å². The lowest BCUT2D eigenvalue weighted by Crippen LogP contribution is -2.09. The summed E-state index contributed by atoms with van der Waals surface area (Å²) >= 11 is 0. The van der Waals surface area contributed by atoms with Crippen molar-refractivity contribution in [3.8, 4) is 12.0 Å². The Balaban J connectivity index is 1.98. The molecule has 3 aromatic rings. The molecule has 0 aliphatic rings. The van der Waals surface area contributed by atoms with E-state index in [9.17, 15) is 5.11 Å². The zero-order valence-electron chi connectivity index (χ0n) is 12.5. The molecule has 120 valence electrons. The van der Waals surface area contributed by atoms with E-state index in [-0.39, 0.29) is 17.8 Å². The minimum absolute atomic E-state index is 0.111. The van der Waals surface area contributed by atoms with Crippen molar-refractivity contribution in [1.82, 2.24) is 24.5 Å². The van der Waals surface area contributed by atoms with Crippen LogP contribution in [0.2, 0.25) is 0 Å². The second-order valence-electron chi connectivity index (χ2n) is 4.76. The molecule has 3 N–H and O–H groups in total. The summed E-state index contributed by atoms with van der Waals surface area (Å²) in [6.45, 7) is 1.05. The van der Waals surface area contributed by atoms with Crippen molar-refractivity contribution in [3.05, 3.63) is 30.1 Å². The van der Waals surface area contributed by atoms with Crippen LogP contribution in [0.1, 0.15) is 5.56 Å². The van der Waals surface area contributed by atoms with E-state index in [2.05, 4.69) is 19.9 Å². The number of nitrogen functional groups attached to an aromatic ring is 1. The SMILES string of the molecule is COCCOc1nc(N)c2nc(O)n(Cc3cccnc3)c2n1. The molecule has 0 atom stereocenters. The van der Waals surface area contributed by atoms with Gasteiger partial charge in [-0.25, -0.2) is 0 Å². The molecule has 9 nitrogen and oxygen atoms in total. The van der Waals surface area contributed by atoms with Gasteiger partial charge in [0.2, 0.25) is 0 Å². The van der Waals surface area contributed by atoms with Crippen LogP contribution in [0.3, 0.4) is 0 Å². The largest absolute Gasteiger partial charge is 0.480 e. The highest BCUT2D eigenvalue weighted by Gasteiger charge is 2.17. The van der Waals surface area contributed by atoms with Gasteiger partial charge in [-0.05, 0) is 11.6 Å². The Morgan fingerprint density at radius 1 is 1.26 bits per heavy atom. The summed E-state index contributed by atoms with van der Waals surface area (Å²) in [4.78, 5) is 16.4. The summed E-state index contributed by atoms with van der Waals surface area (Å²) in [5.74, 6) is 0.141. The molecule has 0 radical (unpaired) electrons. The first-order valence-electron chi connectivity index (χ1n) is 6.92. The molecule has 0 saturated heterocycles. The van der Waals surface area contributed by atoms with Crippen LogP contribution >= 0.6 is 0 Å². The molecular formula is C14H16N6O3. The fourth-order valence-electron chi connectivity index (χ4n) is 2.09. The monoisotopic (exact) mass is 316 g/mol. The van der Waals surface area contributed by atoms with E-state index in [1.807, 2.05) is 12.1 Å². The fraction of sp³-hybridized carbons (Fsp3) is 0.286. The number of ether oxygens (including phenoxy) is 2. The molecule has 3 rings (SSSR count). The van der Waals surface area contributed by atoms with E-state index < -0.39 is 0 Å². The van der Waals surface area contributed by atoms with Crippen molar-refractivity contribution in [3.63, 3.8) is 0 Å². The van der Waals surface area contributed by atoms with Gasteiger partial charge in [0, 0.05) is 19.5 Å². The minimum atomic E-state index is -0.195. The van der Waals surface area contributed by atoms with Gasteiger partial charge >= 0.3 is 6.01 Å². The number of nitrogens with two attached hydrogens (primary N) is 1. The van der Waals surface area contributed by atoms with E-state index >= 15 is 0 Å². The van der Waals surface area contributed by atoms with E-state index in [4.69, 9.17) is 15.2 Å². The van der Waals surface area contributed by atoms with Crippen molar-refractivity contribution in [2.75, 3.05) is 26.1 Å². The first-order chi connectivity index (χ1) is 11.2. The molecule has 9 heteroatoms. The quantitative estimate of drug-likeness (QED) is 0.633. The molecule has 0 aromatic carbocycles. The summed E-state index contributed by atoms with van der Waals surface area (Å²) in [7, 11) is 1.57. The Labute approximate surface area is 131 Å². The molecule has 0 fully saturated rings. The van der Waals surface area contributed by atoms with E-state index in [1.165, 1.54) is 4.57 Å². The summed E-state index contributed by atoms with van der Waals surface area (Å²) in [6, 6.07) is 3.62. The van der Waals surface area contributed by atoms with Crippen LogP contribution in [0.5, 0.6) is 12.0 Å². The molecule has 0 aliphatic carbocycles. The van der Waals surface area contributed by atoms with E-state index in [0.717, 1.165) is 5.56 Å². The molecule has 0 amide bonds. The van der Waals surface area contributed by atoms with Gasteiger partial charge in [0.1, 0.15) is 6.61 Å². The average molecular weight is 316 g/mol. The minimum Gasteiger partial charge on any atom is -0.480 e. The summed E-state index contributed by atoms with van der Waals surface area (Å²) in [6.07, 6.45) is 3.38. The molecular weight excluding hydrogens is 300 g/mol. The first-order valence-corrected chi connectivity index (χ1v) is 6.92. The normalized spacial score (nSPS) is 11.0. The Hall–Kier alpha value is -2.94. The standard InChI is InChI=1S/C14H16N6O3/c1-22-5-6-23-13-18-11(15)10-12(19-13)20(14(21)17-10)8-9-3-2-4-16-7-9/h2-4,7H,5-6,8H2,1H3,(H,17,21)(H2,15,18,19). The van der Waals surface area contributed by atoms with Gasteiger partial charge in [-0.2, -0.15) is 15.0 Å². The molecule has 0 saturated carbocycles. The van der Waals surface area contributed by atoms with Gasteiger partial charge in [-0.1, -0.05) is 6.07 Å². The molecule has 3 aromatic heterocycles. The number of anilines is 1. The van der Waals surface area contributed by atoms with Crippen LogP contribution in [-0.2, 0) is 11.3 Å². The maximum Gasteiger partial charge on any atom is 0.320 e. The number of pyridine rings is 1. The zero-order chi connectivity index (χ0) is 16.2. The van der Waals surface area contributed by atoms with Crippen molar-refractivity contribution in [1.29, 1.82) is 0 Å². The molecule has 0 bridgehead atoms. The first kappa shape index (κ1) is 15.0.